The van der Waals surface area contributed by atoms with E-state index in [1.807, 2.05) is 62.3 Å². The van der Waals surface area contributed by atoms with Gasteiger partial charge in [-0.1, -0.05) is 117 Å². The van der Waals surface area contributed by atoms with Crippen LogP contribution in [0.25, 0.3) is 0 Å². The molecule has 96 heavy (non-hydrogen) atoms. The van der Waals surface area contributed by atoms with Crippen LogP contribution in [-0.2, 0) is 76.5 Å². The van der Waals surface area contributed by atoms with Gasteiger partial charge in [-0.05, 0) is 93.8 Å². The third kappa shape index (κ3) is 26.7. The summed E-state index contributed by atoms with van der Waals surface area (Å²) < 4.78 is 22.4. The van der Waals surface area contributed by atoms with E-state index in [0.717, 1.165) is 9.80 Å². The van der Waals surface area contributed by atoms with Crippen LogP contribution < -0.4 is 21.3 Å². The predicted molar refractivity (Wildman–Crippen MR) is 366 cm³/mol. The number of nitrogens with one attached hydrogen (secondary N) is 4. The average Bonchev–Trinajstić information content (AvgIpc) is 0.804. The number of amides is 11. The van der Waals surface area contributed by atoms with Gasteiger partial charge in [0, 0.05) is 56.4 Å². The molecule has 1 aliphatic rings. The summed E-state index contributed by atoms with van der Waals surface area (Å²) in [6.07, 6.45) is 0.863. The maximum Gasteiger partial charge on any atom is 0.332 e. The van der Waals surface area contributed by atoms with Crippen LogP contribution in [-0.4, -0.2) is 268 Å². The molecule has 0 aliphatic carbocycles. The number of hydrogen-bond donors (Lipinski definition) is 4. The molecule has 0 spiro atoms. The van der Waals surface area contributed by atoms with E-state index in [1.54, 1.807) is 41.5 Å². The van der Waals surface area contributed by atoms with Gasteiger partial charge in [0.05, 0.1) is 33.0 Å². The summed E-state index contributed by atoms with van der Waals surface area (Å²) in [5.41, 5.74) is 0. The van der Waals surface area contributed by atoms with E-state index in [1.165, 1.54) is 94.8 Å². The summed E-state index contributed by atoms with van der Waals surface area (Å²) in [4.78, 5) is 185. The quantitative estimate of drug-likeness (QED) is 0.0748. The molecule has 1 aliphatic heterocycles. The van der Waals surface area contributed by atoms with Gasteiger partial charge in [-0.3, -0.25) is 52.7 Å². The molecule has 1 heterocycles. The van der Waals surface area contributed by atoms with Gasteiger partial charge in [0.25, 0.3) is 0 Å². The third-order valence-corrected chi connectivity index (χ3v) is 17.6. The molecule has 0 aromatic heterocycles. The molecule has 1 rings (SSSR count). The summed E-state index contributed by atoms with van der Waals surface area (Å²) in [6.45, 7) is 29.6. The Morgan fingerprint density at radius 2 is 0.917 bits per heavy atom. The maximum absolute atomic E-state index is 15.7. The van der Waals surface area contributed by atoms with Crippen molar-refractivity contribution >= 4 is 70.9 Å². The number of likely N-dealkylation sites (N-methyl/N-ethyl adjacent to an activating group) is 7. The van der Waals surface area contributed by atoms with Crippen LogP contribution in [0.4, 0.5) is 0 Å². The Morgan fingerprint density at radius 3 is 1.41 bits per heavy atom. The van der Waals surface area contributed by atoms with Crippen molar-refractivity contribution in [2.45, 2.75) is 236 Å². The molecule has 1 fully saturated rings. The molecule has 0 bridgehead atoms. The molecular formula is C69H125N11O16. The van der Waals surface area contributed by atoms with Crippen molar-refractivity contribution in [2.75, 3.05) is 96.0 Å². The molecule has 4 N–H and O–H groups in total. The molecule has 1 saturated heterocycles. The molecule has 552 valence electrons. The minimum absolute atomic E-state index is 0.00787. The van der Waals surface area contributed by atoms with Crippen molar-refractivity contribution in [1.29, 1.82) is 0 Å². The highest BCUT2D eigenvalue weighted by atomic mass is 16.6. The lowest BCUT2D eigenvalue weighted by Crippen LogP contribution is -2.64. The number of hydrogen-bond acceptors (Lipinski definition) is 16. The zero-order valence-electron chi connectivity index (χ0n) is 63.0. The van der Waals surface area contributed by atoms with E-state index in [9.17, 15) is 38.4 Å². The molecule has 0 aromatic rings. The first kappa shape index (κ1) is 87.5. The van der Waals surface area contributed by atoms with Crippen LogP contribution in [0.2, 0.25) is 0 Å². The number of nitrogens with zero attached hydrogens (tertiary/aromatic N) is 7. The van der Waals surface area contributed by atoms with Crippen LogP contribution in [0, 0.1) is 41.4 Å². The standard InChI is InChI=1S/C69H125N11O16/c1-26-28-29-46(15)59(96-55(82)39-95-33-32-94-31-30-93-25)58-63(86)72-49(27-2)65(88)74(18)38-54(81)75(19)50(34-40(3)4)62(85)73-56(44(11)12)68(91)76(20)51(35-41(5)6)61(84)70-47(16)60(83)71-48(17)64(87)77(21)52(36-42(7)8)66(89)78(22)53(37-43(9)10)67(90)79(23)57(45(13)14)69(92)80(58)24/h40-53,56-59H,26-39H2,1-25H3,(H,70,84)(H,71,83)(H,72,86)(H,73,85)/t46?,47-,48+,49+,50-,51-,52-,53-,56-,57+,58?,59+/m0/s1. The largest absolute Gasteiger partial charge is 0.458 e. The first-order valence-electron chi connectivity index (χ1n) is 34.5. The van der Waals surface area contributed by atoms with Gasteiger partial charge in [0.1, 0.15) is 73.1 Å². The highest BCUT2D eigenvalue weighted by Gasteiger charge is 2.47. The average molecular weight is 1360 g/mol. The van der Waals surface area contributed by atoms with Crippen molar-refractivity contribution < 1.29 is 76.5 Å². The van der Waals surface area contributed by atoms with E-state index < -0.39 is 168 Å². The summed E-state index contributed by atoms with van der Waals surface area (Å²) in [6, 6.07) is -12.7. The highest BCUT2D eigenvalue weighted by molar-refractivity contribution is 5.99. The first-order valence-corrected chi connectivity index (χ1v) is 34.5. The Bertz CT molecular complexity index is 2550. The lowest BCUT2D eigenvalue weighted by Gasteiger charge is -2.42. The number of carbonyl (C=O) groups is 12. The summed E-state index contributed by atoms with van der Waals surface area (Å²) in [5.74, 6) is -11.0. The van der Waals surface area contributed by atoms with E-state index in [-0.39, 0.29) is 75.6 Å². The zero-order valence-corrected chi connectivity index (χ0v) is 63.0. The number of rotatable bonds is 25. The second kappa shape index (κ2) is 42.4. The Morgan fingerprint density at radius 1 is 0.469 bits per heavy atom. The minimum Gasteiger partial charge on any atom is -0.458 e. The molecule has 27 heteroatoms. The van der Waals surface area contributed by atoms with Gasteiger partial charge in [0.2, 0.25) is 65.0 Å². The Kier molecular flexibility index (Phi) is 38.6. The summed E-state index contributed by atoms with van der Waals surface area (Å²) in [7, 11) is 11.4. The lowest BCUT2D eigenvalue weighted by atomic mass is 9.90. The van der Waals surface area contributed by atoms with E-state index in [0.29, 0.717) is 25.9 Å². The predicted octanol–water partition coefficient (Wildman–Crippen LogP) is 3.72. The second-order valence-corrected chi connectivity index (χ2v) is 28.6. The smallest absolute Gasteiger partial charge is 0.332 e. The molecule has 12 atom stereocenters. The van der Waals surface area contributed by atoms with Crippen molar-refractivity contribution in [3.05, 3.63) is 0 Å². The molecule has 11 amide bonds. The maximum atomic E-state index is 15.7. The van der Waals surface area contributed by atoms with E-state index in [4.69, 9.17) is 18.9 Å². The van der Waals surface area contributed by atoms with Gasteiger partial charge in [0.15, 0.2) is 0 Å². The van der Waals surface area contributed by atoms with Gasteiger partial charge in [-0.25, -0.2) is 4.79 Å². The van der Waals surface area contributed by atoms with Gasteiger partial charge >= 0.3 is 5.97 Å². The Hall–Kier alpha value is -6.48. The number of carbonyl (C=O) groups excluding carboxylic acids is 12. The van der Waals surface area contributed by atoms with Crippen molar-refractivity contribution in [2.24, 2.45) is 41.4 Å². The minimum atomic E-state index is -1.67. The SMILES string of the molecule is CCCCC(C)[C@@H](OC(=O)COCCOCCOC)C1C(=O)N[C@H](CC)C(=O)N(C)CC(=O)N(C)[C@@H](CC(C)C)C(=O)N[C@@H](C(C)C)C(=O)N(C)[C@@H](CC(C)C)C(=O)N[C@@H](C)C(=O)N[C@H](C)C(=O)N(C)[C@@H](CC(C)C)C(=O)N(C)[C@@H](CC(C)C)C(=O)N(C)[C@H](C(C)C)C(=O)N1C. The van der Waals surface area contributed by atoms with Gasteiger partial charge < -0.3 is 74.5 Å². The van der Waals surface area contributed by atoms with Gasteiger partial charge in [-0.15, -0.1) is 0 Å². The van der Waals surface area contributed by atoms with Gasteiger partial charge in [-0.2, -0.15) is 0 Å². The number of esters is 1. The summed E-state index contributed by atoms with van der Waals surface area (Å²) >= 11 is 0. The van der Waals surface area contributed by atoms with Crippen molar-refractivity contribution in [1.82, 2.24) is 55.6 Å². The fourth-order valence-corrected chi connectivity index (χ4v) is 11.8. The van der Waals surface area contributed by atoms with E-state index >= 15 is 19.2 Å². The zero-order chi connectivity index (χ0) is 73.9. The Balaban J connectivity index is 4.49. The van der Waals surface area contributed by atoms with Crippen molar-refractivity contribution in [3.63, 3.8) is 0 Å². The van der Waals surface area contributed by atoms with Crippen LogP contribution in [0.5, 0.6) is 0 Å². The van der Waals surface area contributed by atoms with Crippen LogP contribution in [0.15, 0.2) is 0 Å². The fraction of sp³-hybridized carbons (Fsp3) is 0.826. The van der Waals surface area contributed by atoms with E-state index in [2.05, 4.69) is 21.3 Å². The molecule has 0 radical (unpaired) electrons. The monoisotopic (exact) mass is 1360 g/mol. The van der Waals surface area contributed by atoms with Crippen molar-refractivity contribution in [3.8, 4) is 0 Å². The molecule has 27 nitrogen and oxygen atoms in total. The topological polar surface area (TPSA) is 313 Å². The third-order valence-electron chi connectivity index (χ3n) is 17.6. The molecule has 0 saturated carbocycles. The molecule has 2 unspecified atom stereocenters. The summed E-state index contributed by atoms with van der Waals surface area (Å²) in [5, 5.41) is 11.1. The molecular weight excluding hydrogens is 1240 g/mol. The normalized spacial score (nSPS) is 25.0. The van der Waals surface area contributed by atoms with Crippen LogP contribution in [0.1, 0.15) is 169 Å². The second-order valence-electron chi connectivity index (χ2n) is 28.6. The first-order chi connectivity index (χ1) is 44.6. The fourth-order valence-electron chi connectivity index (χ4n) is 11.8. The van der Waals surface area contributed by atoms with Crippen LogP contribution >= 0.6 is 0 Å². The highest BCUT2D eigenvalue weighted by Crippen LogP contribution is 2.27. The number of ether oxygens (including phenoxy) is 4. The number of methoxy groups -OCH3 is 1. The number of unbranched alkanes of at least 4 members (excludes halogenated alkanes) is 1. The van der Waals surface area contributed by atoms with Crippen LogP contribution in [0.3, 0.4) is 0 Å². The Labute approximate surface area is 573 Å². The lowest BCUT2D eigenvalue weighted by molar-refractivity contribution is -0.169. The molecule has 0 aromatic carbocycles.